The van der Waals surface area contributed by atoms with Crippen LogP contribution in [0.1, 0.15) is 1.43 Å². The summed E-state index contributed by atoms with van der Waals surface area (Å²) >= 11 is 0. The summed E-state index contributed by atoms with van der Waals surface area (Å²) in [6.45, 7) is 0. The van der Waals surface area contributed by atoms with Gasteiger partial charge in [0, 0.05) is 12.4 Å². The van der Waals surface area contributed by atoms with Gasteiger partial charge < -0.3 is 1.43 Å². The molecule has 1 rings (SSSR count). The first-order valence-electron chi connectivity index (χ1n) is 2.53. The molecule has 0 amide bonds. The minimum Gasteiger partial charge on any atom is -1.00 e. The van der Waals surface area contributed by atoms with Crippen molar-refractivity contribution in [2.45, 2.75) is 4.90 Å². The van der Waals surface area contributed by atoms with Crippen molar-refractivity contribution < 1.29 is 61.2 Å². The molecule has 0 saturated carbocycles. The van der Waals surface area contributed by atoms with Gasteiger partial charge >= 0.3 is 51.4 Å². The Labute approximate surface area is 109 Å². The molecule has 1 aromatic heterocycles. The summed E-state index contributed by atoms with van der Waals surface area (Å²) in [6, 6.07) is 2.90. The van der Waals surface area contributed by atoms with Crippen molar-refractivity contribution in [2.75, 3.05) is 0 Å². The summed E-state index contributed by atoms with van der Waals surface area (Å²) in [5.74, 6) is 0. The number of rotatable bonds is 1. The van der Waals surface area contributed by atoms with Crippen LogP contribution in [0.2, 0.25) is 0 Å². The average Bonchev–Trinajstić information content (AvgIpc) is 1.88. The summed E-state index contributed by atoms with van der Waals surface area (Å²) in [5, 5.41) is 4.79. The Balaban J connectivity index is 0. The average molecular weight is 198 g/mol. The van der Waals surface area contributed by atoms with Gasteiger partial charge in [-0.3, -0.25) is 4.98 Å². The third kappa shape index (κ3) is 3.75. The van der Waals surface area contributed by atoms with Gasteiger partial charge in [-0.05, 0) is 12.1 Å². The number of nitrogens with zero attached hydrogens (tertiary/aromatic N) is 1. The minimum absolute atomic E-state index is 0. The second-order valence-electron chi connectivity index (χ2n) is 1.73. The van der Waals surface area contributed by atoms with Crippen LogP contribution in [0.5, 0.6) is 0 Å². The maximum atomic E-state index is 10.6. The van der Waals surface area contributed by atoms with E-state index >= 15 is 0 Å². The Kier molecular flexibility index (Phi) is 4.95. The SMILES string of the molecule is NS(=O)(=O)c1cccnc1.[H-].[K+]. The minimum atomic E-state index is -3.57. The molecule has 11 heavy (non-hydrogen) atoms. The first-order chi connectivity index (χ1) is 4.61. The van der Waals surface area contributed by atoms with E-state index in [2.05, 4.69) is 4.98 Å². The van der Waals surface area contributed by atoms with E-state index in [0.29, 0.717) is 0 Å². The molecule has 6 heteroatoms. The number of aromatic nitrogens is 1. The van der Waals surface area contributed by atoms with Crippen molar-refractivity contribution in [1.29, 1.82) is 0 Å². The van der Waals surface area contributed by atoms with Crippen molar-refractivity contribution in [3.8, 4) is 0 Å². The molecule has 4 nitrogen and oxygen atoms in total. The molecule has 0 spiro atoms. The van der Waals surface area contributed by atoms with Crippen LogP contribution in [0.3, 0.4) is 0 Å². The van der Waals surface area contributed by atoms with E-state index in [1.54, 1.807) is 0 Å². The maximum absolute atomic E-state index is 10.6. The van der Waals surface area contributed by atoms with E-state index in [9.17, 15) is 8.42 Å². The van der Waals surface area contributed by atoms with Crippen LogP contribution in [0.4, 0.5) is 0 Å². The van der Waals surface area contributed by atoms with E-state index in [1.807, 2.05) is 0 Å². The Hall–Kier alpha value is 0.696. The zero-order valence-corrected chi connectivity index (χ0v) is 10.00. The third-order valence-electron chi connectivity index (χ3n) is 0.963. The largest absolute Gasteiger partial charge is 1.00 e. The number of pyridine rings is 1. The molecule has 0 unspecified atom stereocenters. The van der Waals surface area contributed by atoms with Gasteiger partial charge in [-0.2, -0.15) is 0 Å². The molecule has 2 N–H and O–H groups in total. The van der Waals surface area contributed by atoms with Crippen LogP contribution in [0.25, 0.3) is 0 Å². The summed E-state index contributed by atoms with van der Waals surface area (Å²) in [4.78, 5) is 3.63. The molecule has 56 valence electrons. The number of hydrogen-bond acceptors (Lipinski definition) is 3. The molecule has 1 aromatic rings. The number of hydrogen-bond donors (Lipinski definition) is 1. The molecule has 0 aliphatic rings. The summed E-state index contributed by atoms with van der Waals surface area (Å²) < 4.78 is 21.1. The smallest absolute Gasteiger partial charge is 1.00 e. The van der Waals surface area contributed by atoms with Crippen molar-refractivity contribution >= 4 is 10.0 Å². The molecular formula is C5H7KN2O2S. The van der Waals surface area contributed by atoms with Gasteiger partial charge in [0.05, 0.1) is 0 Å². The summed E-state index contributed by atoms with van der Waals surface area (Å²) in [5.41, 5.74) is 0. The molecular weight excluding hydrogens is 191 g/mol. The fraction of sp³-hybridized carbons (Fsp3) is 0. The van der Waals surface area contributed by atoms with Crippen LogP contribution in [-0.4, -0.2) is 13.4 Å². The fourth-order valence-electron chi connectivity index (χ4n) is 0.515. The van der Waals surface area contributed by atoms with Gasteiger partial charge in [-0.15, -0.1) is 0 Å². The molecule has 0 atom stereocenters. The van der Waals surface area contributed by atoms with Gasteiger partial charge in [0.25, 0.3) is 0 Å². The monoisotopic (exact) mass is 198 g/mol. The second-order valence-corrected chi connectivity index (χ2v) is 3.30. The zero-order chi connectivity index (χ0) is 7.61. The molecule has 1 heterocycles. The van der Waals surface area contributed by atoms with Crippen LogP contribution in [0.15, 0.2) is 29.4 Å². The number of sulfonamides is 1. The van der Waals surface area contributed by atoms with E-state index in [4.69, 9.17) is 5.14 Å². The molecule has 0 aliphatic heterocycles. The maximum Gasteiger partial charge on any atom is 1.00 e. The van der Waals surface area contributed by atoms with E-state index in [-0.39, 0.29) is 57.7 Å². The quantitative estimate of drug-likeness (QED) is 0.484. The topological polar surface area (TPSA) is 73.1 Å². The molecule has 0 fully saturated rings. The van der Waals surface area contributed by atoms with E-state index < -0.39 is 10.0 Å². The first kappa shape index (κ1) is 11.7. The molecule has 0 aliphatic carbocycles. The Morgan fingerprint density at radius 3 is 2.45 bits per heavy atom. The van der Waals surface area contributed by atoms with Crippen LogP contribution in [0, 0.1) is 0 Å². The predicted molar refractivity (Wildman–Crippen MR) is 36.7 cm³/mol. The Bertz CT molecular complexity index is 315. The third-order valence-corrected chi connectivity index (χ3v) is 1.86. The van der Waals surface area contributed by atoms with Crippen molar-refractivity contribution in [3.63, 3.8) is 0 Å². The predicted octanol–water partition coefficient (Wildman–Crippen LogP) is -3.15. The van der Waals surface area contributed by atoms with Crippen LogP contribution >= 0.6 is 0 Å². The molecule has 0 saturated heterocycles. The van der Waals surface area contributed by atoms with Crippen molar-refractivity contribution in [3.05, 3.63) is 24.5 Å². The number of primary sulfonamides is 1. The molecule has 0 aromatic carbocycles. The molecule has 0 bridgehead atoms. The Morgan fingerprint density at radius 1 is 1.55 bits per heavy atom. The van der Waals surface area contributed by atoms with Crippen molar-refractivity contribution in [2.24, 2.45) is 5.14 Å². The number of nitrogens with two attached hydrogens (primary N) is 1. The van der Waals surface area contributed by atoms with Crippen LogP contribution in [-0.2, 0) is 10.0 Å². The standard InChI is InChI=1S/C5H6N2O2S.K.H/c6-10(8,9)5-2-1-3-7-4-5;;/h1-4H,(H2,6,8,9);;/q;+1;-1. The Morgan fingerprint density at radius 2 is 2.18 bits per heavy atom. The fourth-order valence-corrected chi connectivity index (χ4v) is 0.991. The van der Waals surface area contributed by atoms with E-state index in [0.717, 1.165) is 0 Å². The van der Waals surface area contributed by atoms with E-state index in [1.165, 1.54) is 24.5 Å². The second kappa shape index (κ2) is 4.66. The normalized spacial score (nSPS) is 10.3. The van der Waals surface area contributed by atoms with Gasteiger partial charge in [-0.1, -0.05) is 0 Å². The zero-order valence-electron chi connectivity index (χ0n) is 7.06. The van der Waals surface area contributed by atoms with Gasteiger partial charge in [-0.25, -0.2) is 13.6 Å². The first-order valence-corrected chi connectivity index (χ1v) is 4.08. The molecule has 0 radical (unpaired) electrons. The van der Waals surface area contributed by atoms with Crippen LogP contribution < -0.4 is 56.5 Å². The summed E-state index contributed by atoms with van der Waals surface area (Å²) in [6.07, 6.45) is 2.68. The van der Waals surface area contributed by atoms with Gasteiger partial charge in [0.15, 0.2) is 0 Å². The van der Waals surface area contributed by atoms with Gasteiger partial charge in [0.2, 0.25) is 10.0 Å². The van der Waals surface area contributed by atoms with Gasteiger partial charge in [0.1, 0.15) is 4.90 Å². The summed E-state index contributed by atoms with van der Waals surface area (Å²) in [7, 11) is -3.57. The van der Waals surface area contributed by atoms with Crippen molar-refractivity contribution in [1.82, 2.24) is 4.98 Å².